The number of hydrogen-bond donors (Lipinski definition) is 2. The molecule has 0 atom stereocenters. The van der Waals surface area contributed by atoms with E-state index in [-0.39, 0.29) is 16.9 Å². The first-order chi connectivity index (χ1) is 8.38. The van der Waals surface area contributed by atoms with E-state index in [1.54, 1.807) is 18.2 Å². The molecule has 1 saturated carbocycles. The maximum Gasteiger partial charge on any atom is 0.240 e. The van der Waals surface area contributed by atoms with Crippen LogP contribution in [0.3, 0.4) is 0 Å². The van der Waals surface area contributed by atoms with Gasteiger partial charge in [0.15, 0.2) is 0 Å². The monoisotopic (exact) mass is 333 g/mol. The summed E-state index contributed by atoms with van der Waals surface area (Å²) < 4.78 is 27.5. The van der Waals surface area contributed by atoms with Gasteiger partial charge in [-0.3, -0.25) is 0 Å². The van der Waals surface area contributed by atoms with Crippen LogP contribution in [-0.4, -0.2) is 26.2 Å². The van der Waals surface area contributed by atoms with Crippen molar-refractivity contribution in [3.63, 3.8) is 0 Å². The highest BCUT2D eigenvalue weighted by atomic mass is 79.9. The fourth-order valence-corrected chi connectivity index (χ4v) is 3.41. The Hall–Kier alpha value is -0.430. The standard InChI is InChI=1S/C12H16BrNO3S/c1-8-4-11(2-3-12(8)13)18(16,17)14-7-9-5-10(15)6-9/h2-4,9-10,14-15H,5-7H2,1H3. The number of aliphatic hydroxyl groups excluding tert-OH is 1. The van der Waals surface area contributed by atoms with Crippen LogP contribution in [0.25, 0.3) is 0 Å². The van der Waals surface area contributed by atoms with Gasteiger partial charge in [-0.2, -0.15) is 0 Å². The first-order valence-corrected chi connectivity index (χ1v) is 8.10. The molecule has 0 saturated heterocycles. The predicted molar refractivity (Wildman–Crippen MR) is 72.8 cm³/mol. The summed E-state index contributed by atoms with van der Waals surface area (Å²) in [5.41, 5.74) is 0.886. The Morgan fingerprint density at radius 3 is 2.67 bits per heavy atom. The Balaban J connectivity index is 2.03. The molecular formula is C12H16BrNO3S. The van der Waals surface area contributed by atoms with Gasteiger partial charge < -0.3 is 5.11 Å². The van der Waals surface area contributed by atoms with Gasteiger partial charge in [-0.1, -0.05) is 15.9 Å². The molecule has 0 aliphatic heterocycles. The average Bonchev–Trinajstić information content (AvgIpc) is 2.26. The number of halogens is 1. The van der Waals surface area contributed by atoms with Gasteiger partial charge in [-0.05, 0) is 49.4 Å². The van der Waals surface area contributed by atoms with E-state index in [1.165, 1.54) is 0 Å². The lowest BCUT2D eigenvalue weighted by Gasteiger charge is -2.31. The smallest absolute Gasteiger partial charge is 0.240 e. The molecule has 1 fully saturated rings. The number of sulfonamides is 1. The van der Waals surface area contributed by atoms with Crippen molar-refractivity contribution in [3.8, 4) is 0 Å². The number of aliphatic hydroxyl groups is 1. The Morgan fingerprint density at radius 1 is 1.44 bits per heavy atom. The van der Waals surface area contributed by atoms with Crippen LogP contribution in [0.5, 0.6) is 0 Å². The normalized spacial score (nSPS) is 23.7. The maximum absolute atomic E-state index is 12.0. The molecule has 6 heteroatoms. The fraction of sp³-hybridized carbons (Fsp3) is 0.500. The molecule has 0 spiro atoms. The average molecular weight is 334 g/mol. The van der Waals surface area contributed by atoms with E-state index < -0.39 is 10.0 Å². The van der Waals surface area contributed by atoms with Crippen molar-refractivity contribution in [2.75, 3.05) is 6.54 Å². The van der Waals surface area contributed by atoms with Gasteiger partial charge in [0.25, 0.3) is 0 Å². The van der Waals surface area contributed by atoms with E-state index >= 15 is 0 Å². The highest BCUT2D eigenvalue weighted by molar-refractivity contribution is 9.10. The second kappa shape index (κ2) is 5.28. The van der Waals surface area contributed by atoms with E-state index in [4.69, 9.17) is 5.11 Å². The van der Waals surface area contributed by atoms with Crippen molar-refractivity contribution in [2.45, 2.75) is 30.8 Å². The quantitative estimate of drug-likeness (QED) is 0.883. The van der Waals surface area contributed by atoms with E-state index in [1.807, 2.05) is 6.92 Å². The molecule has 0 heterocycles. The third-order valence-electron chi connectivity index (χ3n) is 3.21. The molecule has 0 unspecified atom stereocenters. The fourth-order valence-electron chi connectivity index (χ4n) is 1.96. The number of rotatable bonds is 4. The molecule has 2 N–H and O–H groups in total. The number of aryl methyl sites for hydroxylation is 1. The van der Waals surface area contributed by atoms with Crippen LogP contribution in [0.4, 0.5) is 0 Å². The highest BCUT2D eigenvalue weighted by Gasteiger charge is 2.28. The Labute approximate surface area is 116 Å². The van der Waals surface area contributed by atoms with Gasteiger partial charge in [-0.15, -0.1) is 0 Å². The summed E-state index contributed by atoms with van der Waals surface area (Å²) in [6.45, 7) is 2.25. The summed E-state index contributed by atoms with van der Waals surface area (Å²) in [6, 6.07) is 4.95. The largest absolute Gasteiger partial charge is 0.393 e. The topological polar surface area (TPSA) is 66.4 Å². The molecule has 1 aliphatic rings. The second-order valence-corrected chi connectivity index (χ2v) is 7.38. The van der Waals surface area contributed by atoms with Crippen LogP contribution < -0.4 is 4.72 Å². The third kappa shape index (κ3) is 3.12. The summed E-state index contributed by atoms with van der Waals surface area (Å²) in [4.78, 5) is 0.281. The van der Waals surface area contributed by atoms with E-state index in [0.29, 0.717) is 19.4 Å². The molecule has 1 aromatic carbocycles. The van der Waals surface area contributed by atoms with E-state index in [2.05, 4.69) is 20.7 Å². The van der Waals surface area contributed by atoms with Crippen LogP contribution in [-0.2, 0) is 10.0 Å². The summed E-state index contributed by atoms with van der Waals surface area (Å²) in [6.07, 6.45) is 1.11. The van der Waals surface area contributed by atoms with E-state index in [0.717, 1.165) is 10.0 Å². The summed E-state index contributed by atoms with van der Waals surface area (Å²) >= 11 is 3.34. The molecule has 0 bridgehead atoms. The van der Waals surface area contributed by atoms with Crippen molar-refractivity contribution in [1.29, 1.82) is 0 Å². The molecule has 100 valence electrons. The van der Waals surface area contributed by atoms with Crippen LogP contribution >= 0.6 is 15.9 Å². The predicted octanol–water partition coefficient (Wildman–Crippen LogP) is 1.81. The summed E-state index contributed by atoms with van der Waals surface area (Å²) in [5, 5.41) is 9.15. The molecule has 1 aromatic rings. The minimum atomic E-state index is -3.44. The molecule has 0 radical (unpaired) electrons. The molecular weight excluding hydrogens is 318 g/mol. The molecule has 18 heavy (non-hydrogen) atoms. The van der Waals surface area contributed by atoms with Gasteiger partial charge in [0.1, 0.15) is 0 Å². The van der Waals surface area contributed by atoms with Crippen molar-refractivity contribution in [1.82, 2.24) is 4.72 Å². The highest BCUT2D eigenvalue weighted by Crippen LogP contribution is 2.27. The van der Waals surface area contributed by atoms with E-state index in [9.17, 15) is 8.42 Å². The Kier molecular flexibility index (Phi) is 4.11. The lowest BCUT2D eigenvalue weighted by Crippen LogP contribution is -2.38. The first kappa shape index (κ1) is 14.0. The first-order valence-electron chi connectivity index (χ1n) is 5.82. The van der Waals surface area contributed by atoms with Crippen LogP contribution in [0.15, 0.2) is 27.6 Å². The zero-order chi connectivity index (χ0) is 13.3. The molecule has 1 aliphatic carbocycles. The van der Waals surface area contributed by atoms with Crippen molar-refractivity contribution in [3.05, 3.63) is 28.2 Å². The summed E-state index contributed by atoms with van der Waals surface area (Å²) in [5.74, 6) is 0.256. The van der Waals surface area contributed by atoms with Crippen LogP contribution in [0.1, 0.15) is 18.4 Å². The molecule has 2 rings (SSSR count). The second-order valence-electron chi connectivity index (χ2n) is 4.75. The zero-order valence-corrected chi connectivity index (χ0v) is 12.5. The molecule has 0 amide bonds. The van der Waals surface area contributed by atoms with Crippen LogP contribution in [0, 0.1) is 12.8 Å². The van der Waals surface area contributed by atoms with Crippen molar-refractivity contribution >= 4 is 26.0 Å². The zero-order valence-electron chi connectivity index (χ0n) is 10.1. The van der Waals surface area contributed by atoms with Gasteiger partial charge in [-0.25, -0.2) is 13.1 Å². The molecule has 4 nitrogen and oxygen atoms in total. The number of nitrogens with one attached hydrogen (secondary N) is 1. The summed E-state index contributed by atoms with van der Waals surface area (Å²) in [7, 11) is -3.44. The van der Waals surface area contributed by atoms with Crippen molar-refractivity contribution < 1.29 is 13.5 Å². The third-order valence-corrected chi connectivity index (χ3v) is 5.52. The minimum absolute atomic E-state index is 0.255. The lowest BCUT2D eigenvalue weighted by atomic mass is 9.83. The minimum Gasteiger partial charge on any atom is -0.393 e. The maximum atomic E-state index is 12.0. The number of hydrogen-bond acceptors (Lipinski definition) is 3. The van der Waals surface area contributed by atoms with Gasteiger partial charge in [0, 0.05) is 11.0 Å². The van der Waals surface area contributed by atoms with Crippen LogP contribution in [0.2, 0.25) is 0 Å². The SMILES string of the molecule is Cc1cc(S(=O)(=O)NCC2CC(O)C2)ccc1Br. The van der Waals surface area contributed by atoms with Crippen molar-refractivity contribution in [2.24, 2.45) is 5.92 Å². The molecule has 0 aromatic heterocycles. The van der Waals surface area contributed by atoms with Gasteiger partial charge in [0.2, 0.25) is 10.0 Å². The Morgan fingerprint density at radius 2 is 2.11 bits per heavy atom. The number of benzene rings is 1. The van der Waals surface area contributed by atoms with Gasteiger partial charge in [0.05, 0.1) is 11.0 Å². The van der Waals surface area contributed by atoms with Gasteiger partial charge >= 0.3 is 0 Å². The Bertz CT molecular complexity index is 538. The lowest BCUT2D eigenvalue weighted by molar-refractivity contribution is 0.0453.